The van der Waals surface area contributed by atoms with Crippen LogP contribution in [0, 0.1) is 0 Å². The van der Waals surface area contributed by atoms with Gasteiger partial charge in [-0.2, -0.15) is 13.2 Å². The van der Waals surface area contributed by atoms with E-state index in [4.69, 9.17) is 23.4 Å². The second-order valence-electron chi connectivity index (χ2n) is 7.86. The fraction of sp³-hybridized carbons (Fsp3) is 0.185. The van der Waals surface area contributed by atoms with Crippen molar-refractivity contribution in [2.45, 2.75) is 12.6 Å². The standard InChI is InChI=1S/C27H21F3O7/c1-33-17-7-4-15(5-8-17)12-23(31)36-18-9-10-19-21(14-18)37-26(27(28,29)30)24(25(19)32)16-6-11-20(34-2)22(13-16)35-3/h4-11,13-14H,12H2,1-3H3. The lowest BCUT2D eigenvalue weighted by Crippen LogP contribution is -2.16. The summed E-state index contributed by atoms with van der Waals surface area (Å²) in [5, 5.41) is -0.118. The fourth-order valence-electron chi connectivity index (χ4n) is 3.77. The van der Waals surface area contributed by atoms with Gasteiger partial charge in [-0.1, -0.05) is 18.2 Å². The lowest BCUT2D eigenvalue weighted by Gasteiger charge is -2.15. The maximum Gasteiger partial charge on any atom is 0.450 e. The lowest BCUT2D eigenvalue weighted by atomic mass is 10.0. The molecule has 0 spiro atoms. The van der Waals surface area contributed by atoms with Gasteiger partial charge < -0.3 is 23.4 Å². The van der Waals surface area contributed by atoms with E-state index in [1.54, 1.807) is 24.3 Å². The molecule has 1 aromatic heterocycles. The maximum atomic E-state index is 14.0. The van der Waals surface area contributed by atoms with E-state index < -0.39 is 28.9 Å². The summed E-state index contributed by atoms with van der Waals surface area (Å²) < 4.78 is 67.8. The minimum absolute atomic E-state index is 0.0596. The molecule has 0 N–H and O–H groups in total. The number of rotatable bonds is 7. The van der Waals surface area contributed by atoms with Crippen LogP contribution in [0.25, 0.3) is 22.1 Å². The monoisotopic (exact) mass is 514 g/mol. The number of benzene rings is 3. The Bertz CT molecular complexity index is 1510. The highest BCUT2D eigenvalue weighted by Gasteiger charge is 2.39. The largest absolute Gasteiger partial charge is 0.497 e. The van der Waals surface area contributed by atoms with Crippen molar-refractivity contribution in [2.24, 2.45) is 0 Å². The van der Waals surface area contributed by atoms with Crippen molar-refractivity contribution < 1.29 is 41.3 Å². The van der Waals surface area contributed by atoms with Crippen molar-refractivity contribution in [3.8, 4) is 34.1 Å². The molecule has 10 heteroatoms. The molecule has 0 saturated heterocycles. The highest BCUT2D eigenvalue weighted by atomic mass is 19.4. The first-order valence-electron chi connectivity index (χ1n) is 10.9. The van der Waals surface area contributed by atoms with Crippen LogP contribution < -0.4 is 24.4 Å². The first-order valence-corrected chi connectivity index (χ1v) is 10.9. The number of ether oxygens (including phenoxy) is 4. The van der Waals surface area contributed by atoms with E-state index in [9.17, 15) is 22.8 Å². The van der Waals surface area contributed by atoms with Crippen LogP contribution in [0.5, 0.6) is 23.0 Å². The van der Waals surface area contributed by atoms with Crippen molar-refractivity contribution in [2.75, 3.05) is 21.3 Å². The zero-order chi connectivity index (χ0) is 26.7. The van der Waals surface area contributed by atoms with E-state index in [-0.39, 0.29) is 40.2 Å². The summed E-state index contributed by atoms with van der Waals surface area (Å²) in [4.78, 5) is 25.6. The first-order chi connectivity index (χ1) is 17.6. The smallest absolute Gasteiger partial charge is 0.450 e. The molecule has 0 aliphatic carbocycles. The van der Waals surface area contributed by atoms with Gasteiger partial charge in [0, 0.05) is 6.07 Å². The average Bonchev–Trinajstić information content (AvgIpc) is 2.88. The van der Waals surface area contributed by atoms with Crippen molar-refractivity contribution in [1.82, 2.24) is 0 Å². The zero-order valence-corrected chi connectivity index (χ0v) is 20.0. The Morgan fingerprint density at radius 2 is 1.51 bits per heavy atom. The molecule has 0 aliphatic heterocycles. The molecule has 192 valence electrons. The Morgan fingerprint density at radius 3 is 2.14 bits per heavy atom. The molecule has 1 heterocycles. The highest BCUT2D eigenvalue weighted by molar-refractivity contribution is 5.85. The summed E-state index contributed by atoms with van der Waals surface area (Å²) in [5.41, 5.74) is -1.37. The van der Waals surface area contributed by atoms with Crippen LogP contribution in [0.4, 0.5) is 13.2 Å². The molecule has 0 amide bonds. The number of halogens is 3. The van der Waals surface area contributed by atoms with Crippen molar-refractivity contribution in [3.63, 3.8) is 0 Å². The molecule has 7 nitrogen and oxygen atoms in total. The van der Waals surface area contributed by atoms with Gasteiger partial charge in [-0.25, -0.2) is 0 Å². The first kappa shape index (κ1) is 25.6. The molecule has 0 atom stereocenters. The van der Waals surface area contributed by atoms with Crippen LogP contribution in [0.15, 0.2) is 69.9 Å². The normalized spacial score (nSPS) is 11.3. The van der Waals surface area contributed by atoms with Gasteiger partial charge in [0.15, 0.2) is 11.5 Å². The number of carbonyl (C=O) groups excluding carboxylic acids is 1. The van der Waals surface area contributed by atoms with Crippen LogP contribution in [0.2, 0.25) is 0 Å². The van der Waals surface area contributed by atoms with Crippen LogP contribution in [0.1, 0.15) is 11.3 Å². The van der Waals surface area contributed by atoms with Gasteiger partial charge in [0.2, 0.25) is 11.2 Å². The summed E-state index contributed by atoms with van der Waals surface area (Å²) in [7, 11) is 4.22. The molecule has 0 bridgehead atoms. The third-order valence-electron chi connectivity index (χ3n) is 5.53. The highest BCUT2D eigenvalue weighted by Crippen LogP contribution is 2.40. The van der Waals surface area contributed by atoms with Gasteiger partial charge in [0.25, 0.3) is 0 Å². The molecule has 0 saturated carbocycles. The van der Waals surface area contributed by atoms with E-state index >= 15 is 0 Å². The van der Waals surface area contributed by atoms with E-state index in [2.05, 4.69) is 0 Å². The Labute approximate surface area is 208 Å². The predicted molar refractivity (Wildman–Crippen MR) is 128 cm³/mol. The van der Waals surface area contributed by atoms with Gasteiger partial charge in [0.05, 0.1) is 38.7 Å². The molecule has 0 aliphatic rings. The maximum absolute atomic E-state index is 14.0. The van der Waals surface area contributed by atoms with E-state index in [0.717, 1.165) is 6.07 Å². The minimum Gasteiger partial charge on any atom is -0.497 e. The van der Waals surface area contributed by atoms with Gasteiger partial charge in [0.1, 0.15) is 17.1 Å². The summed E-state index contributed by atoms with van der Waals surface area (Å²) >= 11 is 0. The number of hydrogen-bond acceptors (Lipinski definition) is 7. The quantitative estimate of drug-likeness (QED) is 0.233. The molecule has 0 unspecified atom stereocenters. The van der Waals surface area contributed by atoms with Crippen LogP contribution in [0.3, 0.4) is 0 Å². The third-order valence-corrected chi connectivity index (χ3v) is 5.53. The van der Waals surface area contributed by atoms with Crippen LogP contribution >= 0.6 is 0 Å². The average molecular weight is 514 g/mol. The van der Waals surface area contributed by atoms with Gasteiger partial charge in [-0.05, 0) is 47.5 Å². The van der Waals surface area contributed by atoms with Gasteiger partial charge in [-0.3, -0.25) is 9.59 Å². The van der Waals surface area contributed by atoms with Crippen LogP contribution in [-0.4, -0.2) is 27.3 Å². The van der Waals surface area contributed by atoms with E-state index in [0.29, 0.717) is 11.3 Å². The lowest BCUT2D eigenvalue weighted by molar-refractivity contribution is -0.152. The number of fused-ring (bicyclic) bond motifs is 1. The van der Waals surface area contributed by atoms with Crippen molar-refractivity contribution in [1.29, 1.82) is 0 Å². The number of methoxy groups -OCH3 is 3. The number of alkyl halides is 3. The second-order valence-corrected chi connectivity index (χ2v) is 7.86. The summed E-state index contributed by atoms with van der Waals surface area (Å²) in [6.07, 6.45) is -5.07. The molecule has 4 rings (SSSR count). The third kappa shape index (κ3) is 5.37. The van der Waals surface area contributed by atoms with Gasteiger partial charge >= 0.3 is 12.1 Å². The minimum atomic E-state index is -4.99. The number of esters is 1. The Hall–Kier alpha value is -4.47. The van der Waals surface area contributed by atoms with Gasteiger partial charge in [-0.15, -0.1) is 0 Å². The predicted octanol–water partition coefficient (Wildman–Crippen LogP) is 5.65. The van der Waals surface area contributed by atoms with Crippen molar-refractivity contribution >= 4 is 16.9 Å². The molecule has 4 aromatic rings. The SMILES string of the molecule is COc1ccc(CC(=O)Oc2ccc3c(=O)c(-c4ccc(OC)c(OC)c4)c(C(F)(F)F)oc3c2)cc1. The Morgan fingerprint density at radius 1 is 0.838 bits per heavy atom. The molecule has 0 radical (unpaired) electrons. The molecule has 37 heavy (non-hydrogen) atoms. The zero-order valence-electron chi connectivity index (χ0n) is 20.0. The summed E-state index contributed by atoms with van der Waals surface area (Å²) in [6.45, 7) is 0. The molecule has 3 aromatic carbocycles. The second kappa shape index (κ2) is 10.3. The molecule has 0 fully saturated rings. The van der Waals surface area contributed by atoms with E-state index in [1.807, 2.05) is 0 Å². The Kier molecular flexibility index (Phi) is 7.10. The van der Waals surface area contributed by atoms with Crippen molar-refractivity contribution in [3.05, 3.63) is 82.2 Å². The van der Waals surface area contributed by atoms with E-state index in [1.165, 1.54) is 51.7 Å². The molecular weight excluding hydrogens is 493 g/mol. The van der Waals surface area contributed by atoms with Crippen LogP contribution in [-0.2, 0) is 17.4 Å². The summed E-state index contributed by atoms with van der Waals surface area (Å²) in [6, 6.07) is 14.4. The fourth-order valence-corrected chi connectivity index (χ4v) is 3.77. The molecular formula is C27H21F3O7. The number of hydrogen-bond donors (Lipinski definition) is 0. The Balaban J connectivity index is 1.72. The topological polar surface area (TPSA) is 84.2 Å². The number of carbonyl (C=O) groups is 1. The summed E-state index contributed by atoms with van der Waals surface area (Å²) in [5.74, 6) is -1.16.